The second-order valence-electron chi connectivity index (χ2n) is 6.37. The first-order valence-electron chi connectivity index (χ1n) is 8.24. The van der Waals surface area contributed by atoms with Crippen LogP contribution in [0, 0.1) is 11.8 Å². The van der Waals surface area contributed by atoms with Gasteiger partial charge < -0.3 is 0 Å². The van der Waals surface area contributed by atoms with Crippen molar-refractivity contribution < 1.29 is 9.59 Å². The van der Waals surface area contributed by atoms with E-state index in [1.54, 1.807) is 12.4 Å². The third-order valence-corrected chi connectivity index (χ3v) is 4.86. The molecule has 1 aromatic heterocycles. The Morgan fingerprint density at radius 3 is 1.96 bits per heavy atom. The lowest BCUT2D eigenvalue weighted by atomic mass is 9.85. The largest absolute Gasteiger partial charge is 0.274 e. The topological polar surface area (TPSA) is 50.3 Å². The summed E-state index contributed by atoms with van der Waals surface area (Å²) >= 11 is 0. The number of aromatic nitrogens is 1. The number of amides is 2. The second kappa shape index (κ2) is 6.04. The van der Waals surface area contributed by atoms with Crippen LogP contribution in [-0.2, 0) is 16.0 Å². The monoisotopic (exact) mass is 318 g/mol. The van der Waals surface area contributed by atoms with Crippen molar-refractivity contribution in [2.45, 2.75) is 19.3 Å². The highest BCUT2D eigenvalue weighted by Gasteiger charge is 2.47. The molecule has 1 saturated heterocycles. The van der Waals surface area contributed by atoms with Crippen molar-refractivity contribution in [2.24, 2.45) is 11.8 Å². The average Bonchev–Trinajstić information content (AvgIpc) is 2.88. The Labute approximate surface area is 140 Å². The Bertz CT molecular complexity index is 770. The molecule has 0 radical (unpaired) electrons. The highest BCUT2D eigenvalue weighted by molar-refractivity contribution is 6.22. The predicted molar refractivity (Wildman–Crippen MR) is 91.3 cm³/mol. The maximum Gasteiger partial charge on any atom is 0.238 e. The van der Waals surface area contributed by atoms with Crippen LogP contribution in [0.3, 0.4) is 0 Å². The van der Waals surface area contributed by atoms with E-state index < -0.39 is 0 Å². The van der Waals surface area contributed by atoms with Crippen molar-refractivity contribution in [1.82, 2.24) is 4.98 Å². The Morgan fingerprint density at radius 1 is 0.833 bits per heavy atom. The lowest BCUT2D eigenvalue weighted by Crippen LogP contribution is -2.30. The fourth-order valence-electron chi connectivity index (χ4n) is 3.55. The minimum Gasteiger partial charge on any atom is -0.274 e. The number of carbonyl (C=O) groups is 2. The fourth-order valence-corrected chi connectivity index (χ4v) is 3.55. The van der Waals surface area contributed by atoms with Gasteiger partial charge in [0.15, 0.2) is 0 Å². The van der Waals surface area contributed by atoms with E-state index in [9.17, 15) is 9.59 Å². The second-order valence-corrected chi connectivity index (χ2v) is 6.37. The predicted octanol–water partition coefficient (Wildman–Crippen LogP) is 3.13. The number of benzene rings is 1. The number of pyridine rings is 1. The van der Waals surface area contributed by atoms with Gasteiger partial charge in [0.1, 0.15) is 0 Å². The van der Waals surface area contributed by atoms with Crippen LogP contribution < -0.4 is 4.90 Å². The summed E-state index contributed by atoms with van der Waals surface area (Å²) in [5.41, 5.74) is 3.00. The summed E-state index contributed by atoms with van der Waals surface area (Å²) in [5.74, 6) is -0.481. The van der Waals surface area contributed by atoms with Gasteiger partial charge in [0.25, 0.3) is 0 Å². The van der Waals surface area contributed by atoms with Crippen molar-refractivity contribution >= 4 is 17.5 Å². The molecule has 0 unspecified atom stereocenters. The van der Waals surface area contributed by atoms with Gasteiger partial charge in [-0.2, -0.15) is 0 Å². The molecule has 2 aromatic rings. The number of allylic oxidation sites excluding steroid dienone is 2. The van der Waals surface area contributed by atoms with Gasteiger partial charge in [0, 0.05) is 12.4 Å². The third-order valence-electron chi connectivity index (χ3n) is 4.86. The summed E-state index contributed by atoms with van der Waals surface area (Å²) in [4.78, 5) is 30.6. The molecule has 1 fully saturated rings. The van der Waals surface area contributed by atoms with E-state index in [1.807, 2.05) is 48.6 Å². The molecule has 4 heteroatoms. The zero-order valence-corrected chi connectivity index (χ0v) is 13.3. The van der Waals surface area contributed by atoms with E-state index >= 15 is 0 Å². The normalized spacial score (nSPS) is 22.8. The Morgan fingerprint density at radius 2 is 1.38 bits per heavy atom. The molecular weight excluding hydrogens is 300 g/mol. The zero-order valence-electron chi connectivity index (χ0n) is 13.3. The molecule has 1 aliphatic carbocycles. The first-order chi connectivity index (χ1) is 11.7. The van der Waals surface area contributed by atoms with Gasteiger partial charge in [-0.25, -0.2) is 0 Å². The zero-order chi connectivity index (χ0) is 16.5. The van der Waals surface area contributed by atoms with Crippen LogP contribution in [-0.4, -0.2) is 16.8 Å². The molecule has 120 valence electrons. The van der Waals surface area contributed by atoms with Gasteiger partial charge in [-0.05, 0) is 54.7 Å². The summed E-state index contributed by atoms with van der Waals surface area (Å²) < 4.78 is 0. The van der Waals surface area contributed by atoms with Crippen LogP contribution in [0.4, 0.5) is 5.69 Å². The molecule has 24 heavy (non-hydrogen) atoms. The molecule has 4 rings (SSSR count). The van der Waals surface area contributed by atoms with E-state index in [0.29, 0.717) is 18.5 Å². The van der Waals surface area contributed by atoms with Gasteiger partial charge in [0.05, 0.1) is 17.5 Å². The van der Waals surface area contributed by atoms with Gasteiger partial charge in [-0.1, -0.05) is 24.3 Å². The number of hydrogen-bond donors (Lipinski definition) is 0. The van der Waals surface area contributed by atoms with Crippen LogP contribution >= 0.6 is 0 Å². The number of anilines is 1. The van der Waals surface area contributed by atoms with Crippen molar-refractivity contribution in [1.29, 1.82) is 0 Å². The molecule has 1 aliphatic heterocycles. The van der Waals surface area contributed by atoms with Crippen molar-refractivity contribution in [3.05, 3.63) is 72.1 Å². The van der Waals surface area contributed by atoms with Crippen LogP contribution in [0.2, 0.25) is 0 Å². The molecule has 0 bridgehead atoms. The quantitative estimate of drug-likeness (QED) is 0.645. The summed E-state index contributed by atoms with van der Waals surface area (Å²) in [6, 6.07) is 11.7. The maximum absolute atomic E-state index is 12.6. The molecule has 2 aliphatic rings. The van der Waals surface area contributed by atoms with E-state index in [0.717, 1.165) is 12.0 Å². The van der Waals surface area contributed by atoms with Gasteiger partial charge in [-0.15, -0.1) is 0 Å². The van der Waals surface area contributed by atoms with Crippen LogP contribution in [0.25, 0.3) is 0 Å². The van der Waals surface area contributed by atoms with Crippen LogP contribution in [0.15, 0.2) is 60.9 Å². The summed E-state index contributed by atoms with van der Waals surface area (Å²) in [6.07, 6.45) is 9.72. The van der Waals surface area contributed by atoms with E-state index in [2.05, 4.69) is 4.98 Å². The molecule has 1 aromatic carbocycles. The molecule has 4 nitrogen and oxygen atoms in total. The van der Waals surface area contributed by atoms with Crippen LogP contribution in [0.1, 0.15) is 24.0 Å². The number of nitrogens with zero attached hydrogens (tertiary/aromatic N) is 2. The molecule has 2 atom stereocenters. The van der Waals surface area contributed by atoms with E-state index in [4.69, 9.17) is 0 Å². The number of imide groups is 1. The Hall–Kier alpha value is -2.75. The first-order valence-corrected chi connectivity index (χ1v) is 8.24. The van der Waals surface area contributed by atoms with Gasteiger partial charge in [-0.3, -0.25) is 19.5 Å². The minimum absolute atomic E-state index is 0.0590. The van der Waals surface area contributed by atoms with E-state index in [-0.39, 0.29) is 23.7 Å². The van der Waals surface area contributed by atoms with Crippen LogP contribution in [0.5, 0.6) is 0 Å². The molecule has 0 saturated carbocycles. The smallest absolute Gasteiger partial charge is 0.238 e. The molecule has 0 spiro atoms. The number of hydrogen-bond acceptors (Lipinski definition) is 3. The maximum atomic E-state index is 12.6. The number of fused-ring (bicyclic) bond motifs is 1. The fraction of sp³-hybridized carbons (Fsp3) is 0.250. The Balaban J connectivity index is 1.55. The summed E-state index contributed by atoms with van der Waals surface area (Å²) in [6.45, 7) is 0. The van der Waals surface area contributed by atoms with E-state index in [1.165, 1.54) is 10.5 Å². The standard InChI is InChI=1S/C20H18N2O2/c23-19-17-3-1-2-4-18(17)20(24)22(19)16-7-5-14(6-8-16)13-15-9-11-21-12-10-15/h1-2,5-12,17-18H,3-4,13H2/t17-,18+. The van der Waals surface area contributed by atoms with Crippen molar-refractivity contribution in [3.63, 3.8) is 0 Å². The van der Waals surface area contributed by atoms with Gasteiger partial charge >= 0.3 is 0 Å². The molecule has 2 amide bonds. The SMILES string of the molecule is O=C1[C@H]2CC=CC[C@H]2C(=O)N1c1ccc(Cc2ccncc2)cc1. The number of rotatable bonds is 3. The lowest BCUT2D eigenvalue weighted by molar-refractivity contribution is -0.122. The number of carbonyl (C=O) groups excluding carboxylic acids is 2. The minimum atomic E-state index is -0.181. The summed E-state index contributed by atoms with van der Waals surface area (Å²) in [7, 11) is 0. The first kappa shape index (κ1) is 14.8. The summed E-state index contributed by atoms with van der Waals surface area (Å²) in [5, 5.41) is 0. The molecule has 0 N–H and O–H groups in total. The average molecular weight is 318 g/mol. The van der Waals surface area contributed by atoms with Gasteiger partial charge in [0.2, 0.25) is 11.8 Å². The van der Waals surface area contributed by atoms with Crippen molar-refractivity contribution in [3.8, 4) is 0 Å². The molecule has 2 heterocycles. The highest BCUT2D eigenvalue weighted by atomic mass is 16.2. The Kier molecular flexibility index (Phi) is 3.73. The third kappa shape index (κ3) is 2.54. The highest BCUT2D eigenvalue weighted by Crippen LogP contribution is 2.37. The van der Waals surface area contributed by atoms with Crippen molar-refractivity contribution in [2.75, 3.05) is 4.90 Å². The lowest BCUT2D eigenvalue weighted by Gasteiger charge is -2.15. The molecular formula is C20H18N2O2.